The second-order valence-electron chi connectivity index (χ2n) is 2.05. The van der Waals surface area contributed by atoms with Crippen LogP contribution in [0.15, 0.2) is 30.3 Å². The maximum absolute atomic E-state index is 10.5. The number of carbonyl (C=O) groups excluding carboxylic acids is 1. The molecule has 0 saturated carbocycles. The Morgan fingerprint density at radius 2 is 1.82 bits per heavy atom. The predicted octanol–water partition coefficient (Wildman–Crippen LogP) is -1.35. The van der Waals surface area contributed by atoms with Crippen molar-refractivity contribution in [3.63, 3.8) is 0 Å². The van der Waals surface area contributed by atoms with E-state index >= 15 is 0 Å². The standard InChI is InChI=1S/C8H9NO.K/c1-7(10)9-8-5-3-2-4-6-8;/h2-6H,1H3,(H,9,10);/q;+1. The number of amides is 1. The van der Waals surface area contributed by atoms with Gasteiger partial charge >= 0.3 is 51.4 Å². The zero-order valence-electron chi connectivity index (χ0n) is 6.79. The molecule has 0 aromatic heterocycles. The number of hydrogen-bond donors (Lipinski definition) is 1. The Balaban J connectivity index is 0.000001000. The van der Waals surface area contributed by atoms with Crippen molar-refractivity contribution in [3.8, 4) is 0 Å². The van der Waals surface area contributed by atoms with Gasteiger partial charge in [0.2, 0.25) is 5.91 Å². The fraction of sp³-hybridized carbons (Fsp3) is 0.125. The van der Waals surface area contributed by atoms with Crippen LogP contribution in [0, 0.1) is 0 Å². The third-order valence-corrected chi connectivity index (χ3v) is 1.09. The van der Waals surface area contributed by atoms with E-state index < -0.39 is 0 Å². The van der Waals surface area contributed by atoms with Crippen molar-refractivity contribution in [3.05, 3.63) is 30.3 Å². The maximum Gasteiger partial charge on any atom is 1.00 e. The van der Waals surface area contributed by atoms with Crippen molar-refractivity contribution in [1.29, 1.82) is 0 Å². The first-order valence-electron chi connectivity index (χ1n) is 3.11. The molecule has 0 aliphatic rings. The van der Waals surface area contributed by atoms with Crippen LogP contribution in [-0.4, -0.2) is 5.91 Å². The molecule has 0 radical (unpaired) electrons. The van der Waals surface area contributed by atoms with Crippen LogP contribution in [0.4, 0.5) is 5.69 Å². The molecule has 0 bridgehead atoms. The molecule has 0 unspecified atom stereocenters. The molecule has 0 fully saturated rings. The molecule has 0 heterocycles. The molecule has 2 nitrogen and oxygen atoms in total. The van der Waals surface area contributed by atoms with E-state index in [1.165, 1.54) is 6.92 Å². The minimum absolute atomic E-state index is 0. The zero-order valence-corrected chi connectivity index (χ0v) is 9.92. The monoisotopic (exact) mass is 174 g/mol. The predicted molar refractivity (Wildman–Crippen MR) is 40.7 cm³/mol. The summed E-state index contributed by atoms with van der Waals surface area (Å²) in [6, 6.07) is 9.37. The summed E-state index contributed by atoms with van der Waals surface area (Å²) in [7, 11) is 0. The van der Waals surface area contributed by atoms with Gasteiger partial charge in [-0.2, -0.15) is 0 Å². The van der Waals surface area contributed by atoms with E-state index in [-0.39, 0.29) is 57.3 Å². The van der Waals surface area contributed by atoms with Crippen molar-refractivity contribution >= 4 is 11.6 Å². The smallest absolute Gasteiger partial charge is 0.326 e. The first-order valence-corrected chi connectivity index (χ1v) is 3.11. The van der Waals surface area contributed by atoms with Crippen LogP contribution >= 0.6 is 0 Å². The quantitative estimate of drug-likeness (QED) is 0.524. The Hall–Kier alpha value is 0.326. The average molecular weight is 174 g/mol. The first kappa shape index (κ1) is 11.3. The molecule has 0 aliphatic heterocycles. The summed E-state index contributed by atoms with van der Waals surface area (Å²) in [6.07, 6.45) is 0. The van der Waals surface area contributed by atoms with Gasteiger partial charge in [0.25, 0.3) is 0 Å². The molecule has 1 aromatic carbocycles. The molecule has 3 heteroatoms. The van der Waals surface area contributed by atoms with Crippen LogP contribution in [0.25, 0.3) is 0 Å². The summed E-state index contributed by atoms with van der Waals surface area (Å²) < 4.78 is 0. The fourth-order valence-corrected chi connectivity index (χ4v) is 0.725. The second-order valence-corrected chi connectivity index (χ2v) is 2.05. The van der Waals surface area contributed by atoms with Crippen LogP contribution in [0.2, 0.25) is 0 Å². The van der Waals surface area contributed by atoms with Gasteiger partial charge in [0.1, 0.15) is 0 Å². The van der Waals surface area contributed by atoms with Crippen molar-refractivity contribution in [2.75, 3.05) is 5.32 Å². The maximum atomic E-state index is 10.5. The molecule has 0 spiro atoms. The summed E-state index contributed by atoms with van der Waals surface area (Å²) >= 11 is 0. The van der Waals surface area contributed by atoms with Crippen LogP contribution in [0.3, 0.4) is 0 Å². The molecule has 52 valence electrons. The number of hydrogen-bond acceptors (Lipinski definition) is 1. The van der Waals surface area contributed by atoms with Crippen molar-refractivity contribution < 1.29 is 56.2 Å². The van der Waals surface area contributed by atoms with Gasteiger partial charge < -0.3 is 5.32 Å². The Morgan fingerprint density at radius 1 is 1.27 bits per heavy atom. The van der Waals surface area contributed by atoms with E-state index in [4.69, 9.17) is 0 Å². The molecule has 11 heavy (non-hydrogen) atoms. The molecule has 1 rings (SSSR count). The molecule has 1 aromatic rings. The zero-order chi connectivity index (χ0) is 7.40. The van der Waals surface area contributed by atoms with Crippen LogP contribution in [0.1, 0.15) is 6.92 Å². The minimum Gasteiger partial charge on any atom is -0.326 e. The summed E-state index contributed by atoms with van der Waals surface area (Å²) in [6.45, 7) is 1.49. The Kier molecular flexibility index (Phi) is 6.09. The van der Waals surface area contributed by atoms with E-state index in [0.29, 0.717) is 0 Å². The minimum atomic E-state index is -0.0359. The second kappa shape index (κ2) is 5.91. The van der Waals surface area contributed by atoms with E-state index in [1.54, 1.807) is 0 Å². The number of nitrogens with one attached hydrogen (secondary N) is 1. The summed E-state index contributed by atoms with van der Waals surface area (Å²) in [4.78, 5) is 10.5. The number of benzene rings is 1. The van der Waals surface area contributed by atoms with Crippen LogP contribution in [-0.2, 0) is 4.79 Å². The molecule has 0 atom stereocenters. The van der Waals surface area contributed by atoms with Gasteiger partial charge in [-0.1, -0.05) is 18.2 Å². The Bertz CT molecular complexity index is 223. The third-order valence-electron chi connectivity index (χ3n) is 1.09. The molecule has 0 saturated heterocycles. The number of para-hydroxylation sites is 1. The number of rotatable bonds is 1. The summed E-state index contributed by atoms with van der Waals surface area (Å²) in [5.74, 6) is -0.0359. The summed E-state index contributed by atoms with van der Waals surface area (Å²) in [5.41, 5.74) is 0.843. The van der Waals surface area contributed by atoms with Gasteiger partial charge in [-0.05, 0) is 12.1 Å². The van der Waals surface area contributed by atoms with E-state index in [1.807, 2.05) is 30.3 Å². The largest absolute Gasteiger partial charge is 1.00 e. The van der Waals surface area contributed by atoms with Crippen molar-refractivity contribution in [2.24, 2.45) is 0 Å². The van der Waals surface area contributed by atoms with E-state index in [0.717, 1.165) is 5.69 Å². The molecular formula is C8H9KNO+. The van der Waals surface area contributed by atoms with Gasteiger partial charge in [-0.15, -0.1) is 0 Å². The van der Waals surface area contributed by atoms with Crippen LogP contribution < -0.4 is 56.7 Å². The molecule has 1 N–H and O–H groups in total. The number of anilines is 1. The van der Waals surface area contributed by atoms with Gasteiger partial charge in [-0.25, -0.2) is 0 Å². The van der Waals surface area contributed by atoms with Crippen molar-refractivity contribution in [2.45, 2.75) is 6.92 Å². The third kappa shape index (κ3) is 4.71. The van der Waals surface area contributed by atoms with Gasteiger partial charge in [0.15, 0.2) is 0 Å². The number of carbonyl (C=O) groups is 1. The first-order chi connectivity index (χ1) is 4.79. The Labute approximate surface area is 109 Å². The Morgan fingerprint density at radius 3 is 2.27 bits per heavy atom. The topological polar surface area (TPSA) is 29.1 Å². The van der Waals surface area contributed by atoms with Crippen LogP contribution in [0.5, 0.6) is 0 Å². The SMILES string of the molecule is CC(=O)Nc1ccccc1.[K+]. The van der Waals surface area contributed by atoms with Crippen molar-refractivity contribution in [1.82, 2.24) is 0 Å². The van der Waals surface area contributed by atoms with Gasteiger partial charge in [-0.3, -0.25) is 4.79 Å². The normalized spacial score (nSPS) is 8.09. The summed E-state index contributed by atoms with van der Waals surface area (Å²) in [5, 5.41) is 2.67. The molecule has 1 amide bonds. The average Bonchev–Trinajstić information content (AvgIpc) is 1.88. The van der Waals surface area contributed by atoms with Gasteiger partial charge in [0, 0.05) is 12.6 Å². The molecular weight excluding hydrogens is 165 g/mol. The molecule has 0 aliphatic carbocycles. The van der Waals surface area contributed by atoms with E-state index in [2.05, 4.69) is 5.32 Å². The fourth-order valence-electron chi connectivity index (χ4n) is 0.725. The van der Waals surface area contributed by atoms with Gasteiger partial charge in [0.05, 0.1) is 0 Å². The van der Waals surface area contributed by atoms with E-state index in [9.17, 15) is 4.79 Å².